The van der Waals surface area contributed by atoms with Crippen molar-refractivity contribution < 1.29 is 0 Å². The minimum atomic E-state index is 0.502. The van der Waals surface area contributed by atoms with Crippen molar-refractivity contribution in [1.82, 2.24) is 19.5 Å². The highest BCUT2D eigenvalue weighted by Crippen LogP contribution is 2.40. The fourth-order valence-electron chi connectivity index (χ4n) is 4.76. The Balaban J connectivity index is 1.54. The highest BCUT2D eigenvalue weighted by atomic mass is 32.2. The summed E-state index contributed by atoms with van der Waals surface area (Å²) in [7, 11) is 0. The molecular weight excluding hydrogens is 400 g/mol. The molecule has 5 heteroatoms. The van der Waals surface area contributed by atoms with Gasteiger partial charge in [0.2, 0.25) is 0 Å². The van der Waals surface area contributed by atoms with E-state index >= 15 is 0 Å². The van der Waals surface area contributed by atoms with E-state index in [2.05, 4.69) is 77.8 Å². The molecule has 0 bridgehead atoms. The largest absolute Gasteiger partial charge is 0.312 e. The molecule has 31 heavy (non-hydrogen) atoms. The van der Waals surface area contributed by atoms with Crippen molar-refractivity contribution in [3.05, 3.63) is 66.2 Å². The first-order valence-electron chi connectivity index (χ1n) is 11.2. The molecule has 2 aromatic carbocycles. The number of nitrogens with zero attached hydrogens (tertiary/aromatic N) is 4. The molecule has 0 spiro atoms. The van der Waals surface area contributed by atoms with Crippen LogP contribution < -0.4 is 0 Å². The summed E-state index contributed by atoms with van der Waals surface area (Å²) in [5.41, 5.74) is 6.46. The molecule has 2 unspecified atom stereocenters. The number of imidazole rings is 1. The molecule has 2 atom stereocenters. The third kappa shape index (κ3) is 3.76. The fraction of sp³-hybridized carbons (Fsp3) is 0.346. The average molecular weight is 429 g/mol. The lowest BCUT2D eigenvalue weighted by Crippen LogP contribution is -2.05. The van der Waals surface area contributed by atoms with E-state index in [0.717, 1.165) is 28.3 Å². The van der Waals surface area contributed by atoms with Crippen LogP contribution in [-0.4, -0.2) is 19.5 Å². The van der Waals surface area contributed by atoms with Crippen molar-refractivity contribution >= 4 is 22.9 Å². The standard InChI is InChI=1S/C26H28N4S/c1-4-19-12-13-20(14-19)30-16-29-25-24(27-15-28-26(25)30)21-9-7-11-23(18(21)3)31-22-10-6-5-8-17(22)2/h5-11,15-16,19-20H,4,12-14H2,1-3H3. The molecule has 1 aliphatic carbocycles. The van der Waals surface area contributed by atoms with Gasteiger partial charge >= 0.3 is 0 Å². The monoisotopic (exact) mass is 428 g/mol. The number of fused-ring (bicyclic) bond motifs is 1. The number of rotatable bonds is 5. The van der Waals surface area contributed by atoms with Crippen LogP contribution in [0.15, 0.2) is 64.9 Å². The maximum atomic E-state index is 4.79. The van der Waals surface area contributed by atoms with Crippen LogP contribution in [0, 0.1) is 19.8 Å². The van der Waals surface area contributed by atoms with E-state index in [1.807, 2.05) is 18.1 Å². The average Bonchev–Trinajstić information content (AvgIpc) is 3.43. The Labute approximate surface area is 188 Å². The van der Waals surface area contributed by atoms with E-state index in [-0.39, 0.29) is 0 Å². The zero-order chi connectivity index (χ0) is 21.4. The Hall–Kier alpha value is -2.66. The molecule has 4 aromatic rings. The van der Waals surface area contributed by atoms with Gasteiger partial charge in [-0.1, -0.05) is 55.4 Å². The van der Waals surface area contributed by atoms with E-state index in [9.17, 15) is 0 Å². The van der Waals surface area contributed by atoms with Gasteiger partial charge in [-0.3, -0.25) is 0 Å². The van der Waals surface area contributed by atoms with Crippen molar-refractivity contribution in [2.45, 2.75) is 62.3 Å². The summed E-state index contributed by atoms with van der Waals surface area (Å²) in [6.07, 6.45) is 8.67. The number of benzene rings is 2. The summed E-state index contributed by atoms with van der Waals surface area (Å²) in [5.74, 6) is 0.821. The Morgan fingerprint density at radius 3 is 2.61 bits per heavy atom. The van der Waals surface area contributed by atoms with Crippen molar-refractivity contribution in [3.63, 3.8) is 0 Å². The SMILES string of the molecule is CCC1CCC(n2cnc3c(-c4cccc(Sc5ccccc5C)c4C)ncnc32)C1. The Morgan fingerprint density at radius 2 is 1.81 bits per heavy atom. The molecule has 1 saturated carbocycles. The third-order valence-electron chi connectivity index (χ3n) is 6.70. The summed E-state index contributed by atoms with van der Waals surface area (Å²) in [4.78, 5) is 16.6. The first-order valence-corrected chi connectivity index (χ1v) is 12.0. The second-order valence-electron chi connectivity index (χ2n) is 8.58. The topological polar surface area (TPSA) is 43.6 Å². The molecule has 4 nitrogen and oxygen atoms in total. The maximum Gasteiger partial charge on any atom is 0.164 e. The molecule has 158 valence electrons. The lowest BCUT2D eigenvalue weighted by molar-refractivity contribution is 0.473. The van der Waals surface area contributed by atoms with E-state index < -0.39 is 0 Å². The normalized spacial score (nSPS) is 18.7. The Bertz CT molecular complexity index is 1230. The second-order valence-corrected chi connectivity index (χ2v) is 9.67. The molecular formula is C26H28N4S. The molecule has 0 radical (unpaired) electrons. The summed E-state index contributed by atoms with van der Waals surface area (Å²) in [6.45, 7) is 6.64. The predicted octanol–water partition coefficient (Wildman–Crippen LogP) is 7.01. The number of hydrogen-bond acceptors (Lipinski definition) is 4. The minimum Gasteiger partial charge on any atom is -0.312 e. The molecule has 0 saturated heterocycles. The molecule has 1 aliphatic rings. The molecule has 5 rings (SSSR count). The van der Waals surface area contributed by atoms with E-state index in [0.29, 0.717) is 6.04 Å². The quantitative estimate of drug-likeness (QED) is 0.343. The summed E-state index contributed by atoms with van der Waals surface area (Å²) in [6, 6.07) is 15.5. The highest BCUT2D eigenvalue weighted by molar-refractivity contribution is 7.99. The number of aryl methyl sites for hydroxylation is 1. The molecule has 0 aliphatic heterocycles. The zero-order valence-electron chi connectivity index (χ0n) is 18.4. The van der Waals surface area contributed by atoms with Crippen LogP contribution in [0.5, 0.6) is 0 Å². The van der Waals surface area contributed by atoms with Crippen LogP contribution in [0.1, 0.15) is 49.8 Å². The van der Waals surface area contributed by atoms with Gasteiger partial charge in [-0.15, -0.1) is 0 Å². The van der Waals surface area contributed by atoms with Gasteiger partial charge in [0.15, 0.2) is 5.65 Å². The smallest absolute Gasteiger partial charge is 0.164 e. The fourth-order valence-corrected chi connectivity index (χ4v) is 5.78. The van der Waals surface area contributed by atoms with Crippen molar-refractivity contribution in [2.24, 2.45) is 5.92 Å². The first-order chi connectivity index (χ1) is 15.2. The van der Waals surface area contributed by atoms with Crippen LogP contribution in [-0.2, 0) is 0 Å². The predicted molar refractivity (Wildman–Crippen MR) is 127 cm³/mol. The van der Waals surface area contributed by atoms with Crippen molar-refractivity contribution in [2.75, 3.05) is 0 Å². The van der Waals surface area contributed by atoms with Crippen LogP contribution in [0.3, 0.4) is 0 Å². The summed E-state index contributed by atoms with van der Waals surface area (Å²) < 4.78 is 2.29. The van der Waals surface area contributed by atoms with Crippen molar-refractivity contribution in [3.8, 4) is 11.3 Å². The van der Waals surface area contributed by atoms with Crippen LogP contribution in [0.4, 0.5) is 0 Å². The van der Waals surface area contributed by atoms with Gasteiger partial charge in [-0.2, -0.15) is 0 Å². The van der Waals surface area contributed by atoms with Gasteiger partial charge in [-0.25, -0.2) is 15.0 Å². The Morgan fingerprint density at radius 1 is 0.968 bits per heavy atom. The lowest BCUT2D eigenvalue weighted by Gasteiger charge is -2.14. The van der Waals surface area contributed by atoms with E-state index in [1.54, 1.807) is 6.33 Å². The van der Waals surface area contributed by atoms with E-state index in [4.69, 9.17) is 4.98 Å². The van der Waals surface area contributed by atoms with Gasteiger partial charge in [-0.05, 0) is 62.3 Å². The van der Waals surface area contributed by atoms with Gasteiger partial charge < -0.3 is 4.57 Å². The highest BCUT2D eigenvalue weighted by Gasteiger charge is 2.27. The van der Waals surface area contributed by atoms with Crippen LogP contribution in [0.2, 0.25) is 0 Å². The van der Waals surface area contributed by atoms with Gasteiger partial charge in [0.25, 0.3) is 0 Å². The first kappa shape index (κ1) is 20.3. The number of aromatic nitrogens is 4. The molecule has 0 N–H and O–H groups in total. The zero-order valence-corrected chi connectivity index (χ0v) is 19.2. The molecule has 2 heterocycles. The maximum absolute atomic E-state index is 4.79. The van der Waals surface area contributed by atoms with Gasteiger partial charge in [0.1, 0.15) is 17.5 Å². The lowest BCUT2D eigenvalue weighted by atomic mass is 10.0. The molecule has 2 aromatic heterocycles. The minimum absolute atomic E-state index is 0.502. The van der Waals surface area contributed by atoms with Crippen LogP contribution >= 0.6 is 11.8 Å². The summed E-state index contributed by atoms with van der Waals surface area (Å²) in [5, 5.41) is 0. The Kier molecular flexibility index (Phi) is 5.53. The van der Waals surface area contributed by atoms with Crippen LogP contribution in [0.25, 0.3) is 22.4 Å². The van der Waals surface area contributed by atoms with E-state index in [1.165, 1.54) is 46.6 Å². The van der Waals surface area contributed by atoms with Gasteiger partial charge in [0, 0.05) is 21.4 Å². The molecule has 0 amide bonds. The molecule has 1 fully saturated rings. The number of hydrogen-bond donors (Lipinski definition) is 0. The second kappa shape index (κ2) is 8.46. The van der Waals surface area contributed by atoms with Crippen molar-refractivity contribution in [1.29, 1.82) is 0 Å². The third-order valence-corrected chi connectivity index (χ3v) is 8.04. The van der Waals surface area contributed by atoms with Gasteiger partial charge in [0.05, 0.1) is 6.33 Å². The summed E-state index contributed by atoms with van der Waals surface area (Å²) >= 11 is 1.81.